The predicted molar refractivity (Wildman–Crippen MR) is 118 cm³/mol. The van der Waals surface area contributed by atoms with Crippen molar-refractivity contribution in [3.63, 3.8) is 0 Å². The van der Waals surface area contributed by atoms with Gasteiger partial charge in [0.2, 0.25) is 0 Å². The number of hydrogen-bond acceptors (Lipinski definition) is 2. The van der Waals surface area contributed by atoms with Crippen LogP contribution in [0.4, 0.5) is 5.69 Å². The summed E-state index contributed by atoms with van der Waals surface area (Å²) in [6, 6.07) is 18.6. The lowest BCUT2D eigenvalue weighted by molar-refractivity contribution is -0.885. The van der Waals surface area contributed by atoms with Crippen molar-refractivity contribution in [3.05, 3.63) is 77.1 Å². The number of benzene rings is 2. The van der Waals surface area contributed by atoms with E-state index >= 15 is 0 Å². The van der Waals surface area contributed by atoms with Gasteiger partial charge in [0.15, 0.2) is 6.54 Å². The number of nitrogens with one attached hydrogen (secondary N) is 2. The average molecular weight is 392 g/mol. The van der Waals surface area contributed by atoms with Crippen molar-refractivity contribution in [2.24, 2.45) is 0 Å². The van der Waals surface area contributed by atoms with Crippen LogP contribution in [0.15, 0.2) is 54.6 Å². The lowest BCUT2D eigenvalue weighted by Gasteiger charge is -2.15. The van der Waals surface area contributed by atoms with Crippen LogP contribution in [0.1, 0.15) is 42.3 Å². The minimum atomic E-state index is 0.000104. The number of anilines is 1. The number of quaternary nitrogens is 1. The topological polar surface area (TPSA) is 51.4 Å². The van der Waals surface area contributed by atoms with E-state index in [1.165, 1.54) is 11.1 Å². The molecule has 152 valence electrons. The van der Waals surface area contributed by atoms with Crippen molar-refractivity contribution in [2.75, 3.05) is 18.9 Å². The van der Waals surface area contributed by atoms with Crippen molar-refractivity contribution in [3.8, 4) is 5.69 Å². The van der Waals surface area contributed by atoms with E-state index in [0.29, 0.717) is 12.5 Å². The lowest BCUT2D eigenvalue weighted by Crippen LogP contribution is -3.08. The summed E-state index contributed by atoms with van der Waals surface area (Å²) in [5, 5.41) is 7.66. The molecule has 0 saturated heterocycles. The summed E-state index contributed by atoms with van der Waals surface area (Å²) in [5.41, 5.74) is 6.12. The highest BCUT2D eigenvalue weighted by Gasteiger charge is 2.17. The van der Waals surface area contributed by atoms with E-state index in [-0.39, 0.29) is 5.91 Å². The number of aryl methyl sites for hydroxylation is 1. The fourth-order valence-corrected chi connectivity index (χ4v) is 3.53. The van der Waals surface area contributed by atoms with Crippen LogP contribution in [-0.4, -0.2) is 29.3 Å². The molecule has 2 N–H and O–H groups in total. The number of likely N-dealkylation sites (N-methyl/N-ethyl adjacent to an activating group) is 1. The Labute approximate surface area is 173 Å². The fourth-order valence-electron chi connectivity index (χ4n) is 3.53. The Morgan fingerprint density at radius 3 is 2.34 bits per heavy atom. The van der Waals surface area contributed by atoms with Crippen molar-refractivity contribution >= 4 is 11.6 Å². The van der Waals surface area contributed by atoms with Crippen molar-refractivity contribution in [1.82, 2.24) is 9.78 Å². The van der Waals surface area contributed by atoms with Crippen molar-refractivity contribution in [1.29, 1.82) is 0 Å². The monoisotopic (exact) mass is 391 g/mol. The Morgan fingerprint density at radius 2 is 1.72 bits per heavy atom. The van der Waals surface area contributed by atoms with Gasteiger partial charge in [-0.25, -0.2) is 4.68 Å². The third-order valence-corrected chi connectivity index (χ3v) is 5.17. The molecule has 0 saturated carbocycles. The first-order valence-corrected chi connectivity index (χ1v) is 10.2. The molecule has 1 atom stereocenters. The van der Waals surface area contributed by atoms with E-state index in [1.807, 2.05) is 55.9 Å². The van der Waals surface area contributed by atoms with Gasteiger partial charge in [0, 0.05) is 5.56 Å². The Bertz CT molecular complexity index is 959. The van der Waals surface area contributed by atoms with Crippen LogP contribution in [0.5, 0.6) is 0 Å². The highest BCUT2D eigenvalue weighted by Crippen LogP contribution is 2.22. The summed E-state index contributed by atoms with van der Waals surface area (Å²) >= 11 is 0. The molecule has 0 aliphatic rings. The van der Waals surface area contributed by atoms with Gasteiger partial charge in [0.1, 0.15) is 6.54 Å². The number of carbonyl (C=O) groups is 1. The minimum Gasteiger partial charge on any atom is -0.326 e. The molecule has 1 amide bonds. The van der Waals surface area contributed by atoms with Crippen LogP contribution in [0, 0.1) is 13.8 Å². The van der Waals surface area contributed by atoms with Gasteiger partial charge in [-0.15, -0.1) is 0 Å². The Hall–Kier alpha value is -2.92. The van der Waals surface area contributed by atoms with E-state index in [0.717, 1.165) is 34.2 Å². The maximum absolute atomic E-state index is 12.6. The Kier molecular flexibility index (Phi) is 6.49. The summed E-state index contributed by atoms with van der Waals surface area (Å²) in [5.74, 6) is 0.531. The molecule has 1 unspecified atom stereocenters. The molecular formula is C24H31N4O+. The summed E-state index contributed by atoms with van der Waals surface area (Å²) in [6.45, 7) is 9.51. The first-order chi connectivity index (χ1) is 13.8. The first-order valence-electron chi connectivity index (χ1n) is 10.2. The second-order valence-corrected chi connectivity index (χ2v) is 8.05. The number of hydrogen-bond donors (Lipinski definition) is 2. The van der Waals surface area contributed by atoms with E-state index in [9.17, 15) is 4.79 Å². The third-order valence-electron chi connectivity index (χ3n) is 5.17. The van der Waals surface area contributed by atoms with Gasteiger partial charge < -0.3 is 10.2 Å². The average Bonchev–Trinajstić information content (AvgIpc) is 2.97. The zero-order chi connectivity index (χ0) is 21.0. The van der Waals surface area contributed by atoms with E-state index in [4.69, 9.17) is 0 Å². The van der Waals surface area contributed by atoms with Crippen LogP contribution in [-0.2, 0) is 11.3 Å². The Balaban J connectivity index is 1.62. The summed E-state index contributed by atoms with van der Waals surface area (Å²) in [6.07, 6.45) is 0. The largest absolute Gasteiger partial charge is 0.326 e. The second kappa shape index (κ2) is 9.05. The summed E-state index contributed by atoms with van der Waals surface area (Å²) in [7, 11) is 2.04. The number of nitrogens with zero attached hydrogens (tertiary/aromatic N) is 2. The van der Waals surface area contributed by atoms with Crippen molar-refractivity contribution < 1.29 is 9.69 Å². The maximum Gasteiger partial charge on any atom is 0.279 e. The minimum absolute atomic E-state index is 0.000104. The molecule has 1 aromatic heterocycles. The van der Waals surface area contributed by atoms with Gasteiger partial charge >= 0.3 is 0 Å². The fraction of sp³-hybridized carbons (Fsp3) is 0.333. The van der Waals surface area contributed by atoms with Crippen molar-refractivity contribution in [2.45, 2.75) is 40.2 Å². The molecule has 0 spiro atoms. The molecule has 0 bridgehead atoms. The SMILES string of the molecule is Cc1nn(-c2ccccc2)c(C)c1NC(=O)C[NH+](C)Cc1ccc(C(C)C)cc1. The standard InChI is InChI=1S/C24H30N4O/c1-17(2)21-13-11-20(12-14-21)15-27(5)16-23(29)25-24-18(3)26-28(19(24)4)22-9-7-6-8-10-22/h6-14,17H,15-16H2,1-5H3,(H,25,29)/p+1. The zero-order valence-corrected chi connectivity index (χ0v) is 18.0. The maximum atomic E-state index is 12.6. The number of amides is 1. The highest BCUT2D eigenvalue weighted by molar-refractivity contribution is 5.92. The van der Waals surface area contributed by atoms with Gasteiger partial charge in [-0.2, -0.15) is 5.10 Å². The molecule has 3 rings (SSSR count). The van der Waals surface area contributed by atoms with Crippen LogP contribution in [0.2, 0.25) is 0 Å². The molecule has 0 fully saturated rings. The molecular weight excluding hydrogens is 360 g/mol. The van der Waals surface area contributed by atoms with Gasteiger partial charge in [0.25, 0.3) is 5.91 Å². The van der Waals surface area contributed by atoms with Crippen LogP contribution >= 0.6 is 0 Å². The molecule has 0 aliphatic carbocycles. The van der Waals surface area contributed by atoms with Gasteiger partial charge in [0.05, 0.1) is 29.8 Å². The number of rotatable bonds is 7. The zero-order valence-electron chi connectivity index (χ0n) is 18.0. The number of para-hydroxylation sites is 1. The molecule has 0 aliphatic heterocycles. The highest BCUT2D eigenvalue weighted by atomic mass is 16.2. The smallest absolute Gasteiger partial charge is 0.279 e. The van der Waals surface area contributed by atoms with Gasteiger partial charge in [-0.05, 0) is 37.5 Å². The van der Waals surface area contributed by atoms with Crippen LogP contribution in [0.3, 0.4) is 0 Å². The van der Waals surface area contributed by atoms with Crippen LogP contribution < -0.4 is 10.2 Å². The summed E-state index contributed by atoms with van der Waals surface area (Å²) in [4.78, 5) is 13.8. The lowest BCUT2D eigenvalue weighted by atomic mass is 10.0. The molecule has 1 heterocycles. The van der Waals surface area contributed by atoms with Gasteiger partial charge in [-0.3, -0.25) is 4.79 Å². The molecule has 5 nitrogen and oxygen atoms in total. The van der Waals surface area contributed by atoms with Gasteiger partial charge in [-0.1, -0.05) is 56.3 Å². The number of carbonyl (C=O) groups excluding carboxylic acids is 1. The normalized spacial score (nSPS) is 12.2. The van der Waals surface area contributed by atoms with E-state index in [1.54, 1.807) is 0 Å². The van der Waals surface area contributed by atoms with Crippen LogP contribution in [0.25, 0.3) is 5.69 Å². The number of aromatic nitrogens is 2. The first kappa shape index (κ1) is 20.8. The molecule has 2 aromatic carbocycles. The molecule has 3 aromatic rings. The molecule has 0 radical (unpaired) electrons. The van der Waals surface area contributed by atoms with E-state index in [2.05, 4.69) is 48.5 Å². The Morgan fingerprint density at radius 1 is 1.07 bits per heavy atom. The van der Waals surface area contributed by atoms with E-state index < -0.39 is 0 Å². The predicted octanol–water partition coefficient (Wildman–Crippen LogP) is 3.27. The summed E-state index contributed by atoms with van der Waals surface area (Å²) < 4.78 is 1.87. The quantitative estimate of drug-likeness (QED) is 0.649. The second-order valence-electron chi connectivity index (χ2n) is 8.05. The third kappa shape index (κ3) is 5.12. The molecule has 29 heavy (non-hydrogen) atoms. The molecule has 5 heteroatoms.